The van der Waals surface area contributed by atoms with Gasteiger partial charge in [-0.3, -0.25) is 9.89 Å². The van der Waals surface area contributed by atoms with Crippen molar-refractivity contribution in [3.05, 3.63) is 23.2 Å². The molecular formula is C19H30N4O3. The van der Waals surface area contributed by atoms with Crippen LogP contribution in [0.4, 0.5) is 0 Å². The Hall–Kier alpha value is -2.02. The number of aliphatic imine (C=N–C) groups is 1. The van der Waals surface area contributed by atoms with Gasteiger partial charge in [-0.25, -0.2) is 4.79 Å². The Morgan fingerprint density at radius 3 is 2.81 bits per heavy atom. The van der Waals surface area contributed by atoms with Gasteiger partial charge in [0.25, 0.3) is 0 Å². The molecule has 1 unspecified atom stereocenters. The van der Waals surface area contributed by atoms with E-state index in [9.17, 15) is 4.79 Å². The molecule has 0 saturated carbocycles. The van der Waals surface area contributed by atoms with E-state index in [-0.39, 0.29) is 5.97 Å². The summed E-state index contributed by atoms with van der Waals surface area (Å²) in [7, 11) is 3.19. The Labute approximate surface area is 155 Å². The van der Waals surface area contributed by atoms with Crippen LogP contribution in [0.3, 0.4) is 0 Å². The lowest BCUT2D eigenvalue weighted by atomic mass is 10.1. The molecular weight excluding hydrogens is 332 g/mol. The Morgan fingerprint density at radius 2 is 2.12 bits per heavy atom. The maximum absolute atomic E-state index is 11.7. The maximum Gasteiger partial charge on any atom is 0.341 e. The van der Waals surface area contributed by atoms with E-state index < -0.39 is 0 Å². The van der Waals surface area contributed by atoms with Gasteiger partial charge in [0.05, 0.1) is 13.7 Å². The SMILES string of the molecule is CN=C(NCc1cc(C(=O)OC)c(C)o1)N1CCC(N2CCCCC2)C1. The third-order valence-corrected chi connectivity index (χ3v) is 5.38. The van der Waals surface area contributed by atoms with Crippen molar-refractivity contribution in [1.29, 1.82) is 0 Å². The molecule has 2 aliphatic heterocycles. The van der Waals surface area contributed by atoms with Crippen molar-refractivity contribution >= 4 is 11.9 Å². The Bertz CT molecular complexity index is 649. The number of piperidine rings is 1. The summed E-state index contributed by atoms with van der Waals surface area (Å²) in [6, 6.07) is 2.37. The van der Waals surface area contributed by atoms with Gasteiger partial charge in [0.2, 0.25) is 0 Å². The first-order valence-electron chi connectivity index (χ1n) is 9.49. The van der Waals surface area contributed by atoms with E-state index in [1.165, 1.54) is 45.9 Å². The highest BCUT2D eigenvalue weighted by molar-refractivity contribution is 5.90. The number of rotatable bonds is 4. The van der Waals surface area contributed by atoms with E-state index in [1.54, 1.807) is 13.0 Å². The third-order valence-electron chi connectivity index (χ3n) is 5.38. The van der Waals surface area contributed by atoms with Gasteiger partial charge in [-0.2, -0.15) is 0 Å². The summed E-state index contributed by atoms with van der Waals surface area (Å²) in [5, 5.41) is 3.36. The summed E-state index contributed by atoms with van der Waals surface area (Å²) in [6.45, 7) is 6.76. The van der Waals surface area contributed by atoms with Gasteiger partial charge in [-0.1, -0.05) is 6.42 Å². The average Bonchev–Trinajstić information content (AvgIpc) is 3.30. The first kappa shape index (κ1) is 18.8. The Kier molecular flexibility index (Phi) is 6.19. The Morgan fingerprint density at radius 1 is 1.35 bits per heavy atom. The number of aryl methyl sites for hydroxylation is 1. The topological polar surface area (TPSA) is 70.3 Å². The molecule has 0 aromatic carbocycles. The third kappa shape index (κ3) is 4.20. The molecule has 0 bridgehead atoms. The van der Waals surface area contributed by atoms with Crippen molar-refractivity contribution < 1.29 is 13.9 Å². The molecule has 1 aromatic rings. The lowest BCUT2D eigenvalue weighted by molar-refractivity contribution is 0.0599. The van der Waals surface area contributed by atoms with Gasteiger partial charge in [-0.05, 0) is 45.3 Å². The van der Waals surface area contributed by atoms with Crippen molar-refractivity contribution in [2.75, 3.05) is 40.3 Å². The lowest BCUT2D eigenvalue weighted by Crippen LogP contribution is -2.44. The van der Waals surface area contributed by atoms with Crippen LogP contribution in [0.1, 0.15) is 47.6 Å². The minimum atomic E-state index is -0.370. The summed E-state index contributed by atoms with van der Waals surface area (Å²) in [6.07, 6.45) is 5.20. The molecule has 1 N–H and O–H groups in total. The van der Waals surface area contributed by atoms with Crippen molar-refractivity contribution in [2.24, 2.45) is 4.99 Å². The summed E-state index contributed by atoms with van der Waals surface area (Å²) < 4.78 is 10.4. The monoisotopic (exact) mass is 362 g/mol. The zero-order valence-electron chi connectivity index (χ0n) is 16.1. The molecule has 7 nitrogen and oxygen atoms in total. The zero-order chi connectivity index (χ0) is 18.5. The van der Waals surface area contributed by atoms with E-state index in [4.69, 9.17) is 9.15 Å². The molecule has 0 aliphatic carbocycles. The number of guanidine groups is 1. The fraction of sp³-hybridized carbons (Fsp3) is 0.684. The van der Waals surface area contributed by atoms with Crippen molar-refractivity contribution in [1.82, 2.24) is 15.1 Å². The molecule has 144 valence electrons. The van der Waals surface area contributed by atoms with E-state index in [0.29, 0.717) is 29.7 Å². The molecule has 0 radical (unpaired) electrons. The van der Waals surface area contributed by atoms with Crippen LogP contribution in [0.5, 0.6) is 0 Å². The molecule has 3 rings (SSSR count). The number of esters is 1. The van der Waals surface area contributed by atoms with Crippen LogP contribution in [-0.4, -0.2) is 68.1 Å². The van der Waals surface area contributed by atoms with Crippen LogP contribution < -0.4 is 5.32 Å². The molecule has 7 heteroatoms. The maximum atomic E-state index is 11.7. The van der Waals surface area contributed by atoms with E-state index >= 15 is 0 Å². The molecule has 0 spiro atoms. The second-order valence-electron chi connectivity index (χ2n) is 7.06. The van der Waals surface area contributed by atoms with Crippen LogP contribution >= 0.6 is 0 Å². The summed E-state index contributed by atoms with van der Waals surface area (Å²) in [5.41, 5.74) is 0.477. The second kappa shape index (κ2) is 8.58. The minimum Gasteiger partial charge on any atom is -0.465 e. The Balaban J connectivity index is 1.54. The standard InChI is InChI=1S/C19H30N4O3/c1-14-17(18(24)25-3)11-16(26-14)12-21-19(20-2)23-10-7-15(13-23)22-8-5-4-6-9-22/h11,15H,4-10,12-13H2,1-3H3,(H,20,21). The average molecular weight is 362 g/mol. The van der Waals surface area contributed by atoms with Gasteiger partial charge in [-0.15, -0.1) is 0 Å². The van der Waals surface area contributed by atoms with E-state index in [1.807, 2.05) is 7.05 Å². The van der Waals surface area contributed by atoms with Crippen LogP contribution in [0.25, 0.3) is 0 Å². The minimum absolute atomic E-state index is 0.370. The van der Waals surface area contributed by atoms with Crippen molar-refractivity contribution in [3.63, 3.8) is 0 Å². The number of hydrogen-bond acceptors (Lipinski definition) is 5. The molecule has 1 aromatic heterocycles. The number of ether oxygens (including phenoxy) is 1. The number of hydrogen-bond donors (Lipinski definition) is 1. The molecule has 1 atom stereocenters. The number of nitrogens with one attached hydrogen (secondary N) is 1. The highest BCUT2D eigenvalue weighted by Crippen LogP contribution is 2.20. The quantitative estimate of drug-likeness (QED) is 0.502. The van der Waals surface area contributed by atoms with Gasteiger partial charge < -0.3 is 19.4 Å². The van der Waals surface area contributed by atoms with Gasteiger partial charge >= 0.3 is 5.97 Å². The summed E-state index contributed by atoms with van der Waals surface area (Å²) in [4.78, 5) is 21.1. The predicted molar refractivity (Wildman–Crippen MR) is 100 cm³/mol. The van der Waals surface area contributed by atoms with Gasteiger partial charge in [0, 0.05) is 26.2 Å². The molecule has 3 heterocycles. The van der Waals surface area contributed by atoms with Crippen LogP contribution in [0.15, 0.2) is 15.5 Å². The second-order valence-corrected chi connectivity index (χ2v) is 7.06. The largest absolute Gasteiger partial charge is 0.465 e. The fourth-order valence-electron chi connectivity index (χ4n) is 3.96. The molecule has 0 amide bonds. The van der Waals surface area contributed by atoms with Gasteiger partial charge in [0.15, 0.2) is 5.96 Å². The number of furan rings is 1. The van der Waals surface area contributed by atoms with E-state index in [2.05, 4.69) is 20.1 Å². The number of nitrogens with zero attached hydrogens (tertiary/aromatic N) is 3. The smallest absolute Gasteiger partial charge is 0.341 e. The zero-order valence-corrected chi connectivity index (χ0v) is 16.1. The van der Waals surface area contributed by atoms with Gasteiger partial charge in [0.1, 0.15) is 17.1 Å². The fourth-order valence-corrected chi connectivity index (χ4v) is 3.96. The molecule has 2 fully saturated rings. The van der Waals surface area contributed by atoms with Crippen molar-refractivity contribution in [3.8, 4) is 0 Å². The lowest BCUT2D eigenvalue weighted by Gasteiger charge is -2.32. The number of carbonyl (C=O) groups is 1. The first-order valence-corrected chi connectivity index (χ1v) is 9.49. The highest BCUT2D eigenvalue weighted by Gasteiger charge is 2.30. The predicted octanol–water partition coefficient (Wildman–Crippen LogP) is 2.01. The highest BCUT2D eigenvalue weighted by atomic mass is 16.5. The molecule has 2 aliphatic rings. The molecule has 26 heavy (non-hydrogen) atoms. The van der Waals surface area contributed by atoms with E-state index in [0.717, 1.165) is 19.0 Å². The summed E-state index contributed by atoms with van der Waals surface area (Å²) >= 11 is 0. The first-order chi connectivity index (χ1) is 12.6. The van der Waals surface area contributed by atoms with Crippen LogP contribution in [-0.2, 0) is 11.3 Å². The number of likely N-dealkylation sites (tertiary alicyclic amines) is 2. The van der Waals surface area contributed by atoms with Crippen molar-refractivity contribution in [2.45, 2.75) is 45.2 Å². The van der Waals surface area contributed by atoms with Crippen LogP contribution in [0.2, 0.25) is 0 Å². The number of methoxy groups -OCH3 is 1. The van der Waals surface area contributed by atoms with Crippen LogP contribution in [0, 0.1) is 6.92 Å². The number of carbonyl (C=O) groups excluding carboxylic acids is 1. The summed E-state index contributed by atoms with van der Waals surface area (Å²) in [5.74, 6) is 1.80. The normalized spacial score (nSPS) is 21.9. The molecule has 2 saturated heterocycles.